The van der Waals surface area contributed by atoms with Crippen molar-refractivity contribution in [3.8, 4) is 0 Å². The molecule has 0 bridgehead atoms. The highest BCUT2D eigenvalue weighted by molar-refractivity contribution is 7.87. The summed E-state index contributed by atoms with van der Waals surface area (Å²) in [4.78, 5) is 0. The molecular formula is C9H22ClN3O2S. The second-order valence-corrected chi connectivity index (χ2v) is 6.27. The van der Waals surface area contributed by atoms with Crippen LogP contribution >= 0.6 is 12.4 Å². The van der Waals surface area contributed by atoms with Crippen molar-refractivity contribution in [2.45, 2.75) is 45.8 Å². The molecule has 0 spiro atoms. The van der Waals surface area contributed by atoms with Crippen molar-refractivity contribution in [1.29, 1.82) is 0 Å². The molecule has 0 saturated carbocycles. The topological polar surface area (TPSA) is 61.4 Å². The van der Waals surface area contributed by atoms with Gasteiger partial charge in [-0.25, -0.2) is 0 Å². The lowest BCUT2D eigenvalue weighted by Gasteiger charge is -2.35. The standard InChI is InChI=1S/C9H21N3O2S.ClH/c1-7(2)11-15(13,14)12-5-8(3)10-9(4)6-12;/h7-11H,5-6H2,1-4H3;1H. The Morgan fingerprint density at radius 1 is 1.25 bits per heavy atom. The third-order valence-electron chi connectivity index (χ3n) is 2.25. The van der Waals surface area contributed by atoms with Crippen LogP contribution < -0.4 is 10.0 Å². The van der Waals surface area contributed by atoms with Crippen LogP contribution in [0.4, 0.5) is 0 Å². The lowest BCUT2D eigenvalue weighted by molar-refractivity contribution is 0.259. The first-order valence-corrected chi connectivity index (χ1v) is 6.78. The molecule has 2 unspecified atom stereocenters. The maximum absolute atomic E-state index is 11.9. The minimum absolute atomic E-state index is 0. The number of hydrogen-bond donors (Lipinski definition) is 2. The van der Waals surface area contributed by atoms with Crippen LogP contribution in [0.25, 0.3) is 0 Å². The van der Waals surface area contributed by atoms with E-state index in [0.717, 1.165) is 0 Å². The fourth-order valence-electron chi connectivity index (χ4n) is 1.85. The molecule has 0 aliphatic carbocycles. The minimum atomic E-state index is -3.31. The zero-order valence-electron chi connectivity index (χ0n) is 10.2. The fourth-order valence-corrected chi connectivity index (χ4v) is 3.43. The maximum atomic E-state index is 11.9. The van der Waals surface area contributed by atoms with Crippen molar-refractivity contribution in [1.82, 2.24) is 14.3 Å². The molecule has 1 saturated heterocycles. The molecule has 2 N–H and O–H groups in total. The zero-order chi connectivity index (χ0) is 11.6. The summed E-state index contributed by atoms with van der Waals surface area (Å²) in [5.41, 5.74) is 0. The van der Waals surface area contributed by atoms with E-state index in [2.05, 4.69) is 10.0 Å². The third kappa shape index (κ3) is 4.55. The average Bonchev–Trinajstić information content (AvgIpc) is 1.99. The predicted molar refractivity (Wildman–Crippen MR) is 68.1 cm³/mol. The molecule has 5 nitrogen and oxygen atoms in total. The Bertz CT molecular complexity index is 298. The molecule has 1 fully saturated rings. The van der Waals surface area contributed by atoms with E-state index in [-0.39, 0.29) is 30.5 Å². The molecule has 16 heavy (non-hydrogen) atoms. The van der Waals surface area contributed by atoms with Gasteiger partial charge in [-0.1, -0.05) is 0 Å². The zero-order valence-corrected chi connectivity index (χ0v) is 11.9. The Balaban J connectivity index is 0.00000225. The van der Waals surface area contributed by atoms with Crippen LogP contribution in [0.5, 0.6) is 0 Å². The second-order valence-electron chi connectivity index (χ2n) is 4.56. The first kappa shape index (κ1) is 16.1. The summed E-state index contributed by atoms with van der Waals surface area (Å²) in [5.74, 6) is 0. The van der Waals surface area contributed by atoms with Crippen LogP contribution in [-0.2, 0) is 10.2 Å². The van der Waals surface area contributed by atoms with Crippen molar-refractivity contribution >= 4 is 22.6 Å². The smallest absolute Gasteiger partial charge is 0.279 e. The molecule has 1 rings (SSSR count). The summed E-state index contributed by atoms with van der Waals surface area (Å²) in [6.45, 7) is 8.71. The van der Waals surface area contributed by atoms with Gasteiger partial charge in [0.05, 0.1) is 0 Å². The molecule has 98 valence electrons. The van der Waals surface area contributed by atoms with Crippen LogP contribution in [0.3, 0.4) is 0 Å². The van der Waals surface area contributed by atoms with Crippen molar-refractivity contribution in [2.24, 2.45) is 0 Å². The van der Waals surface area contributed by atoms with E-state index in [9.17, 15) is 8.42 Å². The Morgan fingerprint density at radius 3 is 2.06 bits per heavy atom. The van der Waals surface area contributed by atoms with E-state index in [1.165, 1.54) is 4.31 Å². The number of nitrogens with zero attached hydrogens (tertiary/aromatic N) is 1. The molecule has 7 heteroatoms. The van der Waals surface area contributed by atoms with Crippen LogP contribution in [0, 0.1) is 0 Å². The number of halogens is 1. The SMILES string of the molecule is CC(C)NS(=O)(=O)N1CC(C)NC(C)C1.Cl. The van der Waals surface area contributed by atoms with Gasteiger partial charge >= 0.3 is 0 Å². The summed E-state index contributed by atoms with van der Waals surface area (Å²) in [5, 5.41) is 3.30. The summed E-state index contributed by atoms with van der Waals surface area (Å²) >= 11 is 0. The molecule has 0 aromatic heterocycles. The van der Waals surface area contributed by atoms with E-state index >= 15 is 0 Å². The van der Waals surface area contributed by atoms with Crippen LogP contribution in [0.1, 0.15) is 27.7 Å². The van der Waals surface area contributed by atoms with Gasteiger partial charge in [0.1, 0.15) is 0 Å². The summed E-state index contributed by atoms with van der Waals surface area (Å²) in [7, 11) is -3.31. The average molecular weight is 272 g/mol. The highest BCUT2D eigenvalue weighted by Gasteiger charge is 2.30. The monoisotopic (exact) mass is 271 g/mol. The first-order valence-electron chi connectivity index (χ1n) is 5.34. The summed E-state index contributed by atoms with van der Waals surface area (Å²) in [6.07, 6.45) is 0. The normalized spacial score (nSPS) is 27.8. The van der Waals surface area contributed by atoms with E-state index in [1.807, 2.05) is 27.7 Å². The van der Waals surface area contributed by atoms with Crippen LogP contribution in [-0.4, -0.2) is 43.9 Å². The van der Waals surface area contributed by atoms with Gasteiger partial charge in [0, 0.05) is 31.2 Å². The van der Waals surface area contributed by atoms with Gasteiger partial charge in [-0.15, -0.1) is 12.4 Å². The number of rotatable bonds is 3. The van der Waals surface area contributed by atoms with Crippen molar-refractivity contribution in [3.05, 3.63) is 0 Å². The lowest BCUT2D eigenvalue weighted by atomic mass is 10.2. The van der Waals surface area contributed by atoms with Gasteiger partial charge in [-0.2, -0.15) is 17.4 Å². The lowest BCUT2D eigenvalue weighted by Crippen LogP contribution is -2.58. The molecular weight excluding hydrogens is 250 g/mol. The van der Waals surface area contributed by atoms with Gasteiger partial charge in [0.15, 0.2) is 0 Å². The molecule has 0 radical (unpaired) electrons. The number of piperazine rings is 1. The molecule has 0 aromatic carbocycles. The first-order chi connectivity index (χ1) is 6.81. The van der Waals surface area contributed by atoms with E-state index in [4.69, 9.17) is 0 Å². The van der Waals surface area contributed by atoms with Crippen molar-refractivity contribution < 1.29 is 8.42 Å². The van der Waals surface area contributed by atoms with Crippen molar-refractivity contribution in [3.63, 3.8) is 0 Å². The second kappa shape index (κ2) is 6.16. The van der Waals surface area contributed by atoms with Crippen molar-refractivity contribution in [2.75, 3.05) is 13.1 Å². The van der Waals surface area contributed by atoms with Crippen LogP contribution in [0.15, 0.2) is 0 Å². The number of hydrogen-bond acceptors (Lipinski definition) is 3. The van der Waals surface area contributed by atoms with Gasteiger partial charge in [0.25, 0.3) is 10.2 Å². The summed E-state index contributed by atoms with van der Waals surface area (Å²) < 4.78 is 27.9. The highest BCUT2D eigenvalue weighted by Crippen LogP contribution is 2.08. The molecule has 1 aliphatic heterocycles. The molecule has 1 aliphatic rings. The Kier molecular flexibility index (Phi) is 6.21. The molecule has 0 aromatic rings. The third-order valence-corrected chi connectivity index (χ3v) is 4.00. The van der Waals surface area contributed by atoms with E-state index in [1.54, 1.807) is 0 Å². The van der Waals surface area contributed by atoms with Crippen LogP contribution in [0.2, 0.25) is 0 Å². The van der Waals surface area contributed by atoms with Gasteiger partial charge in [0.2, 0.25) is 0 Å². The molecule has 2 atom stereocenters. The van der Waals surface area contributed by atoms with Gasteiger partial charge < -0.3 is 5.32 Å². The van der Waals surface area contributed by atoms with E-state index < -0.39 is 10.2 Å². The Morgan fingerprint density at radius 2 is 1.69 bits per heavy atom. The van der Waals surface area contributed by atoms with E-state index in [0.29, 0.717) is 13.1 Å². The summed E-state index contributed by atoms with van der Waals surface area (Å²) in [6, 6.07) is 0.352. The Labute approximate surface area is 105 Å². The quantitative estimate of drug-likeness (QED) is 0.778. The minimum Gasteiger partial charge on any atom is -0.309 e. The molecule has 1 heterocycles. The van der Waals surface area contributed by atoms with Gasteiger partial charge in [-0.3, -0.25) is 0 Å². The predicted octanol–water partition coefficient (Wildman–Crippen LogP) is 0.333. The number of nitrogens with one attached hydrogen (secondary N) is 2. The Hall–Kier alpha value is 0.120. The maximum Gasteiger partial charge on any atom is 0.279 e. The highest BCUT2D eigenvalue weighted by atomic mass is 35.5. The largest absolute Gasteiger partial charge is 0.309 e. The fraction of sp³-hybridized carbons (Fsp3) is 1.00. The molecule has 0 amide bonds. The van der Waals surface area contributed by atoms with Gasteiger partial charge in [-0.05, 0) is 27.7 Å².